The van der Waals surface area contributed by atoms with Crippen molar-refractivity contribution in [3.05, 3.63) is 33.3 Å². The third-order valence-corrected chi connectivity index (χ3v) is 5.49. The highest BCUT2D eigenvalue weighted by Gasteiger charge is 2.29. The van der Waals surface area contributed by atoms with Crippen LogP contribution < -0.4 is 5.32 Å². The van der Waals surface area contributed by atoms with Crippen molar-refractivity contribution in [1.82, 2.24) is 5.32 Å². The van der Waals surface area contributed by atoms with Gasteiger partial charge in [0, 0.05) is 15.5 Å². The van der Waals surface area contributed by atoms with E-state index < -0.39 is 0 Å². The molecule has 1 fully saturated rings. The molecule has 1 aromatic carbocycles. The Hall–Kier alpha value is -0.0500. The topological polar surface area (TPSA) is 12.0 Å². The van der Waals surface area contributed by atoms with Crippen LogP contribution in [0.5, 0.6) is 0 Å². The smallest absolute Gasteiger partial charge is 0.0449 e. The summed E-state index contributed by atoms with van der Waals surface area (Å²) in [4.78, 5) is 0. The molecule has 0 amide bonds. The third kappa shape index (κ3) is 4.22. The highest BCUT2D eigenvalue weighted by molar-refractivity contribution is 9.10. The summed E-state index contributed by atoms with van der Waals surface area (Å²) >= 11 is 9.86. The number of nitrogens with one attached hydrogen (secondary N) is 1. The molecule has 1 saturated carbocycles. The molecule has 1 N–H and O–H groups in total. The Balaban J connectivity index is 2.05. The average Bonchev–Trinajstić information content (AvgIpc) is 2.90. The highest BCUT2D eigenvalue weighted by atomic mass is 79.9. The lowest BCUT2D eigenvalue weighted by atomic mass is 9.91. The van der Waals surface area contributed by atoms with Gasteiger partial charge in [-0.3, -0.25) is 0 Å². The molecule has 0 spiro atoms. The Bertz CT molecular complexity index is 435. The van der Waals surface area contributed by atoms with Crippen LogP contribution in [0.1, 0.15) is 45.1 Å². The van der Waals surface area contributed by atoms with Gasteiger partial charge in [0.1, 0.15) is 0 Å². The minimum atomic E-state index is 0.565. The highest BCUT2D eigenvalue weighted by Crippen LogP contribution is 2.36. The van der Waals surface area contributed by atoms with Crippen LogP contribution in [0.4, 0.5) is 0 Å². The molecule has 3 heteroatoms. The fourth-order valence-electron chi connectivity index (χ4n) is 3.44. The van der Waals surface area contributed by atoms with Gasteiger partial charge in [-0.1, -0.05) is 60.3 Å². The number of rotatable bonds is 6. The van der Waals surface area contributed by atoms with Crippen LogP contribution in [0, 0.1) is 11.8 Å². The van der Waals surface area contributed by atoms with Crippen molar-refractivity contribution in [2.45, 2.75) is 52.0 Å². The van der Waals surface area contributed by atoms with E-state index in [1.54, 1.807) is 0 Å². The monoisotopic (exact) mass is 357 g/mol. The van der Waals surface area contributed by atoms with E-state index in [0.29, 0.717) is 6.04 Å². The largest absolute Gasteiger partial charge is 0.314 e. The molecule has 2 rings (SSSR count). The molecule has 0 aliphatic heterocycles. The summed E-state index contributed by atoms with van der Waals surface area (Å²) < 4.78 is 1.05. The molecule has 20 heavy (non-hydrogen) atoms. The second-order valence-electron chi connectivity index (χ2n) is 5.95. The zero-order valence-electron chi connectivity index (χ0n) is 12.5. The molecule has 112 valence electrons. The Morgan fingerprint density at radius 3 is 2.75 bits per heavy atom. The van der Waals surface area contributed by atoms with Crippen LogP contribution in [-0.4, -0.2) is 12.6 Å². The van der Waals surface area contributed by atoms with Gasteiger partial charge >= 0.3 is 0 Å². The number of hydrogen-bond acceptors (Lipinski definition) is 1. The molecule has 0 bridgehead atoms. The first-order valence-electron chi connectivity index (χ1n) is 7.81. The Morgan fingerprint density at radius 1 is 1.35 bits per heavy atom. The van der Waals surface area contributed by atoms with Gasteiger partial charge in [-0.2, -0.15) is 0 Å². The lowest BCUT2D eigenvalue weighted by Gasteiger charge is -2.25. The summed E-state index contributed by atoms with van der Waals surface area (Å²) in [7, 11) is 0. The molecule has 0 aromatic heterocycles. The lowest BCUT2D eigenvalue weighted by molar-refractivity contribution is 0.349. The second-order valence-corrected chi connectivity index (χ2v) is 7.27. The van der Waals surface area contributed by atoms with Gasteiger partial charge in [0.2, 0.25) is 0 Å². The molecule has 0 heterocycles. The Labute approximate surface area is 136 Å². The number of benzene rings is 1. The average molecular weight is 359 g/mol. The first-order chi connectivity index (χ1) is 9.63. The summed E-state index contributed by atoms with van der Waals surface area (Å²) in [5, 5.41) is 4.57. The summed E-state index contributed by atoms with van der Waals surface area (Å²) in [5.41, 5.74) is 1.26. The summed E-state index contributed by atoms with van der Waals surface area (Å²) in [6, 6.07) is 6.82. The Kier molecular flexibility index (Phi) is 6.38. The van der Waals surface area contributed by atoms with Crippen molar-refractivity contribution >= 4 is 27.5 Å². The third-order valence-electron chi connectivity index (χ3n) is 4.65. The minimum Gasteiger partial charge on any atom is -0.314 e. The van der Waals surface area contributed by atoms with Gasteiger partial charge in [-0.05, 0) is 55.3 Å². The molecule has 3 unspecified atom stereocenters. The van der Waals surface area contributed by atoms with Crippen LogP contribution in [0.25, 0.3) is 0 Å². The van der Waals surface area contributed by atoms with Crippen molar-refractivity contribution in [3.8, 4) is 0 Å². The van der Waals surface area contributed by atoms with Gasteiger partial charge in [0.25, 0.3) is 0 Å². The zero-order valence-corrected chi connectivity index (χ0v) is 14.8. The molecular weight excluding hydrogens is 334 g/mol. The van der Waals surface area contributed by atoms with Crippen molar-refractivity contribution in [3.63, 3.8) is 0 Å². The summed E-state index contributed by atoms with van der Waals surface area (Å²) in [6.07, 6.45) is 6.51. The molecular formula is C17H25BrClN. The number of halogens is 2. The molecule has 1 aromatic rings. The SMILES string of the molecule is CCNC(Cc1ccc(Br)cc1Cl)C1CCC(CC)C1. The fourth-order valence-corrected chi connectivity index (χ4v) is 4.19. The van der Waals surface area contributed by atoms with Crippen molar-refractivity contribution in [1.29, 1.82) is 0 Å². The van der Waals surface area contributed by atoms with E-state index in [9.17, 15) is 0 Å². The van der Waals surface area contributed by atoms with Crippen molar-refractivity contribution in [2.75, 3.05) is 6.54 Å². The normalized spacial score (nSPS) is 24.0. The second kappa shape index (κ2) is 7.82. The first-order valence-corrected chi connectivity index (χ1v) is 8.98. The van der Waals surface area contributed by atoms with E-state index in [4.69, 9.17) is 11.6 Å². The fraction of sp³-hybridized carbons (Fsp3) is 0.647. The predicted octanol–water partition coefficient (Wildman–Crippen LogP) is 5.45. The quantitative estimate of drug-likeness (QED) is 0.713. The van der Waals surface area contributed by atoms with Gasteiger partial charge in [0.15, 0.2) is 0 Å². The minimum absolute atomic E-state index is 0.565. The molecule has 0 radical (unpaired) electrons. The molecule has 1 nitrogen and oxygen atoms in total. The van der Waals surface area contributed by atoms with E-state index in [2.05, 4.69) is 47.2 Å². The van der Waals surface area contributed by atoms with Crippen LogP contribution in [0.15, 0.2) is 22.7 Å². The van der Waals surface area contributed by atoms with Crippen LogP contribution in [0.3, 0.4) is 0 Å². The van der Waals surface area contributed by atoms with E-state index in [0.717, 1.165) is 34.3 Å². The Morgan fingerprint density at radius 2 is 2.15 bits per heavy atom. The standard InChI is InChI=1S/C17H25BrClN/c1-3-12-5-6-14(9-12)17(20-4-2)10-13-7-8-15(18)11-16(13)19/h7-8,11-12,14,17,20H,3-6,9-10H2,1-2H3. The van der Waals surface area contributed by atoms with Crippen molar-refractivity contribution in [2.24, 2.45) is 11.8 Å². The maximum atomic E-state index is 6.38. The molecule has 0 saturated heterocycles. The van der Waals surface area contributed by atoms with Gasteiger partial charge in [-0.15, -0.1) is 0 Å². The molecule has 1 aliphatic rings. The molecule has 1 aliphatic carbocycles. The van der Waals surface area contributed by atoms with Gasteiger partial charge in [0.05, 0.1) is 0 Å². The van der Waals surface area contributed by atoms with E-state index in [1.165, 1.54) is 31.2 Å². The van der Waals surface area contributed by atoms with E-state index in [-0.39, 0.29) is 0 Å². The predicted molar refractivity (Wildman–Crippen MR) is 91.4 cm³/mol. The van der Waals surface area contributed by atoms with Crippen LogP contribution in [0.2, 0.25) is 5.02 Å². The molecule has 3 atom stereocenters. The number of hydrogen-bond donors (Lipinski definition) is 1. The van der Waals surface area contributed by atoms with Crippen molar-refractivity contribution < 1.29 is 0 Å². The van der Waals surface area contributed by atoms with Crippen LogP contribution >= 0.6 is 27.5 Å². The van der Waals surface area contributed by atoms with Gasteiger partial charge in [-0.25, -0.2) is 0 Å². The zero-order chi connectivity index (χ0) is 14.5. The summed E-state index contributed by atoms with van der Waals surface area (Å²) in [5.74, 6) is 1.74. The first kappa shape index (κ1) is 16.3. The maximum Gasteiger partial charge on any atom is 0.0449 e. The van der Waals surface area contributed by atoms with E-state index >= 15 is 0 Å². The lowest BCUT2D eigenvalue weighted by Crippen LogP contribution is -2.37. The maximum absolute atomic E-state index is 6.38. The van der Waals surface area contributed by atoms with Gasteiger partial charge < -0.3 is 5.32 Å². The summed E-state index contributed by atoms with van der Waals surface area (Å²) in [6.45, 7) is 5.55. The number of likely N-dealkylation sites (N-methyl/N-ethyl adjacent to an activating group) is 1. The van der Waals surface area contributed by atoms with E-state index in [1.807, 2.05) is 6.07 Å². The van der Waals surface area contributed by atoms with Crippen LogP contribution in [-0.2, 0) is 6.42 Å².